The van der Waals surface area contributed by atoms with Crippen LogP contribution >= 0.6 is 0 Å². The minimum absolute atomic E-state index is 0.339. The molecule has 0 amide bonds. The van der Waals surface area contributed by atoms with Gasteiger partial charge in [0, 0.05) is 17.5 Å². The molecule has 0 atom stereocenters. The van der Waals surface area contributed by atoms with Gasteiger partial charge in [0.25, 0.3) is 0 Å². The van der Waals surface area contributed by atoms with Crippen molar-refractivity contribution < 1.29 is 18.7 Å². The van der Waals surface area contributed by atoms with E-state index in [-0.39, 0.29) is 5.82 Å². The number of esters is 1. The molecule has 22 heavy (non-hydrogen) atoms. The molecule has 0 fully saturated rings. The molecule has 0 aliphatic carbocycles. The number of carbonyl (C=O) groups is 1. The number of hydrogen-bond acceptors (Lipinski definition) is 3. The Balaban J connectivity index is 1.85. The molecule has 2 heterocycles. The summed E-state index contributed by atoms with van der Waals surface area (Å²) in [5.41, 5.74) is 3.11. The normalized spacial score (nSPS) is 17.1. The Hall–Kier alpha value is -2.56. The number of halogens is 1. The summed E-state index contributed by atoms with van der Waals surface area (Å²) in [5, 5.41) is 0. The number of rotatable bonds is 1. The van der Waals surface area contributed by atoms with Crippen LogP contribution in [-0.2, 0) is 11.2 Å². The van der Waals surface area contributed by atoms with Crippen molar-refractivity contribution in [3.63, 3.8) is 0 Å². The van der Waals surface area contributed by atoms with Crippen LogP contribution in [0.3, 0.4) is 0 Å². The molecule has 0 radical (unpaired) electrons. The average molecular weight is 294 g/mol. The van der Waals surface area contributed by atoms with E-state index in [1.54, 1.807) is 38.2 Å². The number of cyclic esters (lactones) is 1. The second-order valence-corrected chi connectivity index (χ2v) is 5.44. The molecule has 108 valence electrons. The second-order valence-electron chi connectivity index (χ2n) is 5.44. The first-order valence-electron chi connectivity index (χ1n) is 7.13. The van der Waals surface area contributed by atoms with Crippen LogP contribution in [0.1, 0.15) is 27.0 Å². The SMILES string of the molecule is Bc1c(F)c(/C=C2\OC(=O)c3ccccc32)cc2c1OCC2. The molecular weight excluding hydrogens is 282 g/mol. The summed E-state index contributed by atoms with van der Waals surface area (Å²) in [4.78, 5) is 11.8. The standard InChI is InChI=1S/C17H12BFO3/c18-14-15(19)10(7-9-5-6-21-16(9)14)8-13-11-3-1-2-4-12(11)17(20)22-13/h1-4,7-8H,5-6,18H2/b13-8-. The van der Waals surface area contributed by atoms with E-state index < -0.39 is 5.97 Å². The zero-order valence-corrected chi connectivity index (χ0v) is 12.0. The lowest BCUT2D eigenvalue weighted by Gasteiger charge is -2.09. The summed E-state index contributed by atoms with van der Waals surface area (Å²) in [6.45, 7) is 0.577. The average Bonchev–Trinajstić information content (AvgIpc) is 3.11. The fourth-order valence-electron chi connectivity index (χ4n) is 2.96. The Morgan fingerprint density at radius 3 is 2.82 bits per heavy atom. The molecule has 2 aromatic carbocycles. The van der Waals surface area contributed by atoms with Crippen LogP contribution in [0.2, 0.25) is 0 Å². The predicted octanol–water partition coefficient (Wildman–Crippen LogP) is 1.69. The van der Waals surface area contributed by atoms with E-state index in [1.165, 1.54) is 0 Å². The molecule has 0 spiro atoms. The molecule has 3 nitrogen and oxygen atoms in total. The highest BCUT2D eigenvalue weighted by Crippen LogP contribution is 2.33. The summed E-state index contributed by atoms with van der Waals surface area (Å²) >= 11 is 0. The van der Waals surface area contributed by atoms with E-state index in [0.29, 0.717) is 40.3 Å². The number of hydrogen-bond donors (Lipinski definition) is 0. The molecule has 0 unspecified atom stereocenters. The summed E-state index contributed by atoms with van der Waals surface area (Å²) < 4.78 is 25.3. The molecule has 4 rings (SSSR count). The van der Waals surface area contributed by atoms with Crippen molar-refractivity contribution in [1.29, 1.82) is 0 Å². The van der Waals surface area contributed by atoms with Gasteiger partial charge in [0.05, 0.1) is 12.2 Å². The first kappa shape index (κ1) is 13.1. The third kappa shape index (κ3) is 1.85. The monoisotopic (exact) mass is 294 g/mol. The highest BCUT2D eigenvalue weighted by atomic mass is 19.1. The van der Waals surface area contributed by atoms with Gasteiger partial charge in [-0.05, 0) is 29.2 Å². The Morgan fingerprint density at radius 2 is 2.00 bits per heavy atom. The summed E-state index contributed by atoms with van der Waals surface area (Å²) in [7, 11) is 1.70. The minimum Gasteiger partial charge on any atom is -0.493 e. The molecule has 2 aliphatic heterocycles. The van der Waals surface area contributed by atoms with Crippen molar-refractivity contribution in [2.24, 2.45) is 0 Å². The fraction of sp³-hybridized carbons (Fsp3) is 0.118. The predicted molar refractivity (Wildman–Crippen MR) is 83.5 cm³/mol. The van der Waals surface area contributed by atoms with Crippen LogP contribution in [0.4, 0.5) is 4.39 Å². The van der Waals surface area contributed by atoms with Gasteiger partial charge >= 0.3 is 5.97 Å². The van der Waals surface area contributed by atoms with Crippen molar-refractivity contribution in [2.75, 3.05) is 6.61 Å². The number of ether oxygens (including phenoxy) is 2. The quantitative estimate of drug-likeness (QED) is 0.593. The molecule has 0 aromatic heterocycles. The maximum atomic E-state index is 14.5. The molecule has 0 saturated heterocycles. The molecule has 0 N–H and O–H groups in total. The Morgan fingerprint density at radius 1 is 1.23 bits per heavy atom. The van der Waals surface area contributed by atoms with Crippen molar-refractivity contribution in [2.45, 2.75) is 6.42 Å². The van der Waals surface area contributed by atoms with Crippen LogP contribution in [0.15, 0.2) is 30.3 Å². The summed E-state index contributed by atoms with van der Waals surface area (Å²) in [6, 6.07) is 8.88. The third-order valence-corrected chi connectivity index (χ3v) is 4.06. The lowest BCUT2D eigenvalue weighted by atomic mass is 9.89. The van der Waals surface area contributed by atoms with Crippen LogP contribution in [0.25, 0.3) is 11.8 Å². The van der Waals surface area contributed by atoms with Gasteiger partial charge in [-0.2, -0.15) is 0 Å². The van der Waals surface area contributed by atoms with Crippen molar-refractivity contribution in [3.05, 3.63) is 58.4 Å². The second kappa shape index (κ2) is 4.73. The topological polar surface area (TPSA) is 35.5 Å². The summed E-state index contributed by atoms with van der Waals surface area (Å²) in [5.74, 6) is 0.290. The lowest BCUT2D eigenvalue weighted by molar-refractivity contribution is 0.0717. The van der Waals surface area contributed by atoms with Gasteiger partial charge in [-0.3, -0.25) is 0 Å². The summed E-state index contributed by atoms with van der Waals surface area (Å²) in [6.07, 6.45) is 2.35. The van der Waals surface area contributed by atoms with E-state index in [2.05, 4.69) is 0 Å². The molecular formula is C17H12BFO3. The van der Waals surface area contributed by atoms with E-state index >= 15 is 0 Å². The highest BCUT2D eigenvalue weighted by molar-refractivity contribution is 6.35. The first-order chi connectivity index (χ1) is 10.6. The van der Waals surface area contributed by atoms with E-state index in [1.807, 2.05) is 6.07 Å². The number of benzene rings is 2. The van der Waals surface area contributed by atoms with Gasteiger partial charge in [-0.25, -0.2) is 9.18 Å². The maximum Gasteiger partial charge on any atom is 0.344 e. The van der Waals surface area contributed by atoms with E-state index in [0.717, 1.165) is 12.0 Å². The van der Waals surface area contributed by atoms with Crippen LogP contribution in [0.5, 0.6) is 5.75 Å². The lowest BCUT2D eigenvalue weighted by Crippen LogP contribution is -2.13. The fourth-order valence-corrected chi connectivity index (χ4v) is 2.96. The van der Waals surface area contributed by atoms with Crippen molar-refractivity contribution >= 4 is 31.1 Å². The molecule has 0 bridgehead atoms. The number of fused-ring (bicyclic) bond motifs is 2. The molecule has 5 heteroatoms. The van der Waals surface area contributed by atoms with Crippen LogP contribution in [-0.4, -0.2) is 20.4 Å². The Labute approximate surface area is 127 Å². The van der Waals surface area contributed by atoms with Crippen molar-refractivity contribution in [3.8, 4) is 5.75 Å². The van der Waals surface area contributed by atoms with Crippen molar-refractivity contribution in [1.82, 2.24) is 0 Å². The maximum absolute atomic E-state index is 14.5. The third-order valence-electron chi connectivity index (χ3n) is 4.06. The molecule has 2 aliphatic rings. The first-order valence-corrected chi connectivity index (χ1v) is 7.13. The smallest absolute Gasteiger partial charge is 0.344 e. The van der Waals surface area contributed by atoms with E-state index in [9.17, 15) is 9.18 Å². The van der Waals surface area contributed by atoms with Gasteiger partial charge in [-0.1, -0.05) is 18.2 Å². The molecule has 2 aromatic rings. The van der Waals surface area contributed by atoms with Crippen LogP contribution in [0, 0.1) is 5.82 Å². The van der Waals surface area contributed by atoms with Gasteiger partial charge in [-0.15, -0.1) is 0 Å². The van der Waals surface area contributed by atoms with Gasteiger partial charge in [0.1, 0.15) is 25.2 Å². The highest BCUT2D eigenvalue weighted by Gasteiger charge is 2.27. The Kier molecular flexibility index (Phi) is 2.82. The van der Waals surface area contributed by atoms with Gasteiger partial charge in [0.2, 0.25) is 0 Å². The Bertz CT molecular complexity index is 842. The van der Waals surface area contributed by atoms with Gasteiger partial charge in [0.15, 0.2) is 0 Å². The van der Waals surface area contributed by atoms with E-state index in [4.69, 9.17) is 9.47 Å². The molecule has 0 saturated carbocycles. The van der Waals surface area contributed by atoms with Crippen LogP contribution < -0.4 is 10.2 Å². The zero-order chi connectivity index (χ0) is 15.3. The minimum atomic E-state index is -0.400. The largest absolute Gasteiger partial charge is 0.493 e. The number of carbonyl (C=O) groups excluding carboxylic acids is 1. The zero-order valence-electron chi connectivity index (χ0n) is 12.0. The van der Waals surface area contributed by atoms with Gasteiger partial charge < -0.3 is 9.47 Å².